The van der Waals surface area contributed by atoms with Gasteiger partial charge >= 0.3 is 0 Å². The van der Waals surface area contributed by atoms with Gasteiger partial charge in [-0.25, -0.2) is 9.97 Å². The van der Waals surface area contributed by atoms with E-state index in [2.05, 4.69) is 43.3 Å². The molecule has 0 aliphatic rings. The molecule has 5 heteroatoms. The summed E-state index contributed by atoms with van der Waals surface area (Å²) >= 11 is 5.17. The van der Waals surface area contributed by atoms with Crippen molar-refractivity contribution in [2.45, 2.75) is 0 Å². The standard InChI is InChI=1S/C15H12BrN3S/c1-17-13-9-12(10-5-3-2-4-6-10)18-15(19-13)14-11(16)7-8-20-14/h2-9H,1H3,(H,17,18,19). The Hall–Kier alpha value is -1.72. The highest BCUT2D eigenvalue weighted by Crippen LogP contribution is 2.33. The van der Waals surface area contributed by atoms with Gasteiger partial charge in [0.15, 0.2) is 5.82 Å². The first-order chi connectivity index (χ1) is 9.78. The Balaban J connectivity index is 2.15. The van der Waals surface area contributed by atoms with Crippen LogP contribution in [0, 0.1) is 0 Å². The Labute approximate surface area is 129 Å². The maximum absolute atomic E-state index is 4.68. The summed E-state index contributed by atoms with van der Waals surface area (Å²) in [6.45, 7) is 0. The lowest BCUT2D eigenvalue weighted by Gasteiger charge is -2.07. The number of hydrogen-bond acceptors (Lipinski definition) is 4. The van der Waals surface area contributed by atoms with Crippen LogP contribution in [0.2, 0.25) is 0 Å². The fourth-order valence-corrected chi connectivity index (χ4v) is 3.37. The Morgan fingerprint density at radius 2 is 1.90 bits per heavy atom. The Bertz CT molecular complexity index is 725. The molecule has 0 atom stereocenters. The maximum atomic E-state index is 4.68. The molecule has 0 saturated carbocycles. The van der Waals surface area contributed by atoms with Crippen LogP contribution in [0.3, 0.4) is 0 Å². The maximum Gasteiger partial charge on any atom is 0.173 e. The van der Waals surface area contributed by atoms with Crippen LogP contribution in [0.5, 0.6) is 0 Å². The van der Waals surface area contributed by atoms with Crippen molar-refractivity contribution in [1.29, 1.82) is 0 Å². The van der Waals surface area contributed by atoms with Gasteiger partial charge in [0, 0.05) is 23.2 Å². The largest absolute Gasteiger partial charge is 0.373 e. The van der Waals surface area contributed by atoms with Crippen molar-refractivity contribution in [3.8, 4) is 22.0 Å². The van der Waals surface area contributed by atoms with Gasteiger partial charge in [-0.2, -0.15) is 0 Å². The van der Waals surface area contributed by atoms with E-state index in [0.717, 1.165) is 32.2 Å². The van der Waals surface area contributed by atoms with E-state index in [1.807, 2.05) is 42.8 Å². The molecule has 2 aromatic heterocycles. The summed E-state index contributed by atoms with van der Waals surface area (Å²) < 4.78 is 1.02. The van der Waals surface area contributed by atoms with E-state index >= 15 is 0 Å². The Morgan fingerprint density at radius 1 is 1.10 bits per heavy atom. The van der Waals surface area contributed by atoms with Crippen LogP contribution in [0.15, 0.2) is 52.3 Å². The monoisotopic (exact) mass is 345 g/mol. The number of nitrogens with zero attached hydrogens (tertiary/aromatic N) is 2. The van der Waals surface area contributed by atoms with Gasteiger partial charge in [0.1, 0.15) is 5.82 Å². The van der Waals surface area contributed by atoms with Gasteiger partial charge in [0.05, 0.1) is 10.6 Å². The lowest BCUT2D eigenvalue weighted by molar-refractivity contribution is 1.18. The normalized spacial score (nSPS) is 10.5. The van der Waals surface area contributed by atoms with Gasteiger partial charge in [-0.3, -0.25) is 0 Å². The Morgan fingerprint density at radius 3 is 2.55 bits per heavy atom. The summed E-state index contributed by atoms with van der Waals surface area (Å²) in [4.78, 5) is 10.3. The highest BCUT2D eigenvalue weighted by molar-refractivity contribution is 9.10. The molecule has 1 aromatic carbocycles. The highest BCUT2D eigenvalue weighted by atomic mass is 79.9. The third-order valence-electron chi connectivity index (χ3n) is 2.87. The summed E-state index contributed by atoms with van der Waals surface area (Å²) in [7, 11) is 1.87. The number of benzene rings is 1. The van der Waals surface area contributed by atoms with Gasteiger partial charge in [0.2, 0.25) is 0 Å². The van der Waals surface area contributed by atoms with Crippen molar-refractivity contribution < 1.29 is 0 Å². The summed E-state index contributed by atoms with van der Waals surface area (Å²) in [5.74, 6) is 1.55. The average Bonchev–Trinajstić information content (AvgIpc) is 2.94. The first kappa shape index (κ1) is 13.3. The van der Waals surface area contributed by atoms with E-state index < -0.39 is 0 Å². The molecule has 100 valence electrons. The van der Waals surface area contributed by atoms with Crippen LogP contribution >= 0.6 is 27.3 Å². The zero-order valence-electron chi connectivity index (χ0n) is 10.8. The molecule has 3 nitrogen and oxygen atoms in total. The van der Waals surface area contributed by atoms with Crippen molar-refractivity contribution in [2.24, 2.45) is 0 Å². The molecule has 0 aliphatic heterocycles. The quantitative estimate of drug-likeness (QED) is 0.749. The smallest absolute Gasteiger partial charge is 0.173 e. The third-order valence-corrected chi connectivity index (χ3v) is 4.71. The molecular formula is C15H12BrN3S. The number of rotatable bonds is 3. The van der Waals surface area contributed by atoms with Crippen molar-refractivity contribution in [3.05, 3.63) is 52.3 Å². The Kier molecular flexibility index (Phi) is 3.80. The second-order valence-corrected chi connectivity index (χ2v) is 5.95. The molecule has 0 unspecified atom stereocenters. The third kappa shape index (κ3) is 2.59. The van der Waals surface area contributed by atoms with Crippen LogP contribution in [0.4, 0.5) is 5.82 Å². The van der Waals surface area contributed by atoms with Crippen molar-refractivity contribution in [2.75, 3.05) is 12.4 Å². The predicted molar refractivity (Wildman–Crippen MR) is 88.0 cm³/mol. The molecule has 1 N–H and O–H groups in total. The molecule has 0 radical (unpaired) electrons. The SMILES string of the molecule is CNc1cc(-c2ccccc2)nc(-c2sccc2Br)n1. The fourth-order valence-electron chi connectivity index (χ4n) is 1.89. The zero-order chi connectivity index (χ0) is 13.9. The van der Waals surface area contributed by atoms with Crippen LogP contribution in [-0.4, -0.2) is 17.0 Å². The molecule has 20 heavy (non-hydrogen) atoms. The summed E-state index contributed by atoms with van der Waals surface area (Å²) in [5.41, 5.74) is 2.00. The van der Waals surface area contributed by atoms with E-state index in [1.165, 1.54) is 0 Å². The molecule has 2 heterocycles. The van der Waals surface area contributed by atoms with Crippen LogP contribution in [0.25, 0.3) is 22.0 Å². The summed E-state index contributed by atoms with van der Waals surface area (Å²) in [6.07, 6.45) is 0. The van der Waals surface area contributed by atoms with Gasteiger partial charge in [-0.05, 0) is 27.4 Å². The number of thiophene rings is 1. The molecular weight excluding hydrogens is 334 g/mol. The minimum atomic E-state index is 0.734. The molecule has 0 spiro atoms. The summed E-state index contributed by atoms with van der Waals surface area (Å²) in [5, 5.41) is 5.12. The molecule has 3 rings (SSSR count). The predicted octanol–water partition coefficient (Wildman–Crippen LogP) is 4.68. The molecule has 0 fully saturated rings. The van der Waals surface area contributed by atoms with Gasteiger partial charge in [0.25, 0.3) is 0 Å². The van der Waals surface area contributed by atoms with E-state index in [9.17, 15) is 0 Å². The number of aromatic nitrogens is 2. The average molecular weight is 346 g/mol. The van der Waals surface area contributed by atoms with Gasteiger partial charge < -0.3 is 5.32 Å². The molecule has 0 saturated heterocycles. The first-order valence-corrected chi connectivity index (χ1v) is 7.81. The highest BCUT2D eigenvalue weighted by Gasteiger charge is 2.11. The topological polar surface area (TPSA) is 37.8 Å². The van der Waals surface area contributed by atoms with Crippen molar-refractivity contribution in [3.63, 3.8) is 0 Å². The van der Waals surface area contributed by atoms with Crippen molar-refractivity contribution in [1.82, 2.24) is 9.97 Å². The first-order valence-electron chi connectivity index (χ1n) is 6.13. The number of hydrogen-bond donors (Lipinski definition) is 1. The number of anilines is 1. The van der Waals surface area contributed by atoms with Crippen molar-refractivity contribution >= 4 is 33.1 Å². The van der Waals surface area contributed by atoms with Crippen LogP contribution in [0.1, 0.15) is 0 Å². The van der Waals surface area contributed by atoms with E-state index in [-0.39, 0.29) is 0 Å². The summed E-state index contributed by atoms with van der Waals surface area (Å²) in [6, 6.07) is 14.1. The van der Waals surface area contributed by atoms with Gasteiger partial charge in [-0.15, -0.1) is 11.3 Å². The molecule has 0 amide bonds. The zero-order valence-corrected chi connectivity index (χ0v) is 13.2. The molecule has 0 bridgehead atoms. The van der Waals surface area contributed by atoms with E-state index in [0.29, 0.717) is 0 Å². The number of nitrogens with one attached hydrogen (secondary N) is 1. The second-order valence-electron chi connectivity index (χ2n) is 4.18. The second kappa shape index (κ2) is 5.73. The lowest BCUT2D eigenvalue weighted by atomic mass is 10.1. The van der Waals surface area contributed by atoms with Crippen LogP contribution < -0.4 is 5.32 Å². The molecule has 0 aliphatic carbocycles. The van der Waals surface area contributed by atoms with E-state index in [1.54, 1.807) is 11.3 Å². The van der Waals surface area contributed by atoms with Crippen LogP contribution in [-0.2, 0) is 0 Å². The minimum absolute atomic E-state index is 0.734. The lowest BCUT2D eigenvalue weighted by Crippen LogP contribution is -1.98. The van der Waals surface area contributed by atoms with Gasteiger partial charge in [-0.1, -0.05) is 30.3 Å². The molecule has 3 aromatic rings. The number of halogens is 1. The van der Waals surface area contributed by atoms with E-state index in [4.69, 9.17) is 0 Å². The minimum Gasteiger partial charge on any atom is -0.373 e. The fraction of sp³-hybridized carbons (Fsp3) is 0.0667.